The van der Waals surface area contributed by atoms with E-state index in [1.165, 1.54) is 5.56 Å². The molecule has 0 aromatic heterocycles. The van der Waals surface area contributed by atoms with E-state index in [1.807, 2.05) is 42.2 Å². The molecule has 1 N–H and O–H groups in total. The zero-order chi connectivity index (χ0) is 19.7. The first kappa shape index (κ1) is 18.2. The molecule has 3 amide bonds. The smallest absolute Gasteiger partial charge is 0.414 e. The average molecular weight is 381 g/mol. The number of nitrogens with one attached hydrogen (secondary N) is 1. The van der Waals surface area contributed by atoms with Crippen molar-refractivity contribution in [1.82, 2.24) is 4.90 Å². The minimum Gasteiger partial charge on any atom is -0.497 e. The highest BCUT2D eigenvalue weighted by atomic mass is 16.6. The Hall–Kier alpha value is -3.22. The van der Waals surface area contributed by atoms with Crippen LogP contribution >= 0.6 is 0 Å². The van der Waals surface area contributed by atoms with E-state index in [2.05, 4.69) is 11.4 Å². The summed E-state index contributed by atoms with van der Waals surface area (Å²) in [6.07, 6.45) is 0.440. The lowest BCUT2D eigenvalue weighted by molar-refractivity contribution is 0.181. The number of ether oxygens (including phenoxy) is 2. The van der Waals surface area contributed by atoms with Crippen LogP contribution in [0, 0.1) is 0 Å². The lowest BCUT2D eigenvalue weighted by Gasteiger charge is -2.35. The zero-order valence-corrected chi connectivity index (χ0v) is 16.0. The van der Waals surface area contributed by atoms with E-state index < -0.39 is 0 Å². The second-order valence-corrected chi connectivity index (χ2v) is 6.93. The van der Waals surface area contributed by atoms with Gasteiger partial charge in [0.2, 0.25) is 0 Å². The van der Waals surface area contributed by atoms with Gasteiger partial charge in [-0.3, -0.25) is 4.90 Å². The molecule has 0 bridgehead atoms. The summed E-state index contributed by atoms with van der Waals surface area (Å²) in [5.41, 5.74) is 3.70. The first-order chi connectivity index (χ1) is 13.6. The number of fused-ring (bicyclic) bond motifs is 1. The molecule has 146 valence electrons. The number of hydrogen-bond donors (Lipinski definition) is 1. The van der Waals surface area contributed by atoms with Crippen molar-refractivity contribution in [1.29, 1.82) is 0 Å². The van der Waals surface area contributed by atoms with Crippen molar-refractivity contribution in [2.75, 3.05) is 37.0 Å². The molecule has 2 aromatic carbocycles. The van der Waals surface area contributed by atoms with Crippen LogP contribution in [0.1, 0.15) is 24.1 Å². The Morgan fingerprint density at radius 3 is 2.82 bits per heavy atom. The van der Waals surface area contributed by atoms with Gasteiger partial charge in [-0.05, 0) is 54.8 Å². The summed E-state index contributed by atoms with van der Waals surface area (Å²) in [7, 11) is 1.64. The van der Waals surface area contributed by atoms with Gasteiger partial charge < -0.3 is 19.7 Å². The standard InChI is InChI=1S/C21H23N3O4/c1-14-19-13-18(27-2)7-6-15(19)8-9-23(14)20(25)22-16-4-3-5-17(12-16)24-10-11-28-21(24)26/h3-7,12-14H,8-11H2,1-2H3,(H,22,25)/t14-/m0/s1. The molecule has 1 fully saturated rings. The number of hydrogen-bond acceptors (Lipinski definition) is 4. The first-order valence-electron chi connectivity index (χ1n) is 9.35. The summed E-state index contributed by atoms with van der Waals surface area (Å²) in [5.74, 6) is 0.790. The normalized spacial score (nSPS) is 18.5. The highest BCUT2D eigenvalue weighted by molar-refractivity contribution is 5.93. The molecular weight excluding hydrogens is 358 g/mol. The number of carbonyl (C=O) groups excluding carboxylic acids is 2. The van der Waals surface area contributed by atoms with E-state index >= 15 is 0 Å². The van der Waals surface area contributed by atoms with Crippen molar-refractivity contribution in [2.24, 2.45) is 0 Å². The third-order valence-corrected chi connectivity index (χ3v) is 5.32. The molecule has 7 heteroatoms. The predicted octanol–water partition coefficient (Wildman–Crippen LogP) is 3.80. The predicted molar refractivity (Wildman–Crippen MR) is 106 cm³/mol. The number of nitrogens with zero attached hydrogens (tertiary/aromatic N) is 2. The zero-order valence-electron chi connectivity index (χ0n) is 16.0. The monoisotopic (exact) mass is 381 g/mol. The molecule has 28 heavy (non-hydrogen) atoms. The minimum absolute atomic E-state index is 0.0596. The third kappa shape index (κ3) is 3.35. The minimum atomic E-state index is -0.362. The molecule has 1 saturated heterocycles. The van der Waals surface area contributed by atoms with Crippen molar-refractivity contribution in [2.45, 2.75) is 19.4 Å². The summed E-state index contributed by atoms with van der Waals surface area (Å²) in [6.45, 7) is 3.56. The molecule has 2 aliphatic heterocycles. The van der Waals surface area contributed by atoms with Gasteiger partial charge in [-0.1, -0.05) is 12.1 Å². The lowest BCUT2D eigenvalue weighted by atomic mass is 9.93. The summed E-state index contributed by atoms with van der Waals surface area (Å²) in [5, 5.41) is 2.96. The molecule has 4 rings (SSSR count). The SMILES string of the molecule is COc1ccc2c(c1)[C@H](C)N(C(=O)Nc1cccc(N3CCOC3=O)c1)CC2. The Labute approximate surface area is 163 Å². The van der Waals surface area contributed by atoms with Crippen LogP contribution in [-0.4, -0.2) is 43.8 Å². The van der Waals surface area contributed by atoms with Gasteiger partial charge in [-0.15, -0.1) is 0 Å². The molecule has 2 aromatic rings. The van der Waals surface area contributed by atoms with Crippen LogP contribution in [0.2, 0.25) is 0 Å². The van der Waals surface area contributed by atoms with Gasteiger partial charge in [0, 0.05) is 17.9 Å². The molecule has 0 saturated carbocycles. The maximum atomic E-state index is 12.9. The van der Waals surface area contributed by atoms with Crippen molar-refractivity contribution in [3.63, 3.8) is 0 Å². The number of urea groups is 1. The van der Waals surface area contributed by atoms with Crippen molar-refractivity contribution < 1.29 is 19.1 Å². The molecule has 0 spiro atoms. The van der Waals surface area contributed by atoms with E-state index in [0.717, 1.165) is 17.7 Å². The molecule has 2 heterocycles. The van der Waals surface area contributed by atoms with E-state index in [9.17, 15) is 9.59 Å². The fourth-order valence-corrected chi connectivity index (χ4v) is 3.77. The topological polar surface area (TPSA) is 71.1 Å². The highest BCUT2D eigenvalue weighted by Gasteiger charge is 2.28. The summed E-state index contributed by atoms with van der Waals surface area (Å²) < 4.78 is 10.3. The van der Waals surface area contributed by atoms with Crippen molar-refractivity contribution in [3.05, 3.63) is 53.6 Å². The van der Waals surface area contributed by atoms with Gasteiger partial charge in [0.25, 0.3) is 0 Å². The van der Waals surface area contributed by atoms with Crippen LogP contribution in [0.15, 0.2) is 42.5 Å². The van der Waals surface area contributed by atoms with E-state index in [4.69, 9.17) is 9.47 Å². The maximum Gasteiger partial charge on any atom is 0.414 e. The van der Waals surface area contributed by atoms with Gasteiger partial charge >= 0.3 is 12.1 Å². The first-order valence-corrected chi connectivity index (χ1v) is 9.35. The molecule has 0 unspecified atom stereocenters. The fraction of sp³-hybridized carbons (Fsp3) is 0.333. The molecule has 7 nitrogen and oxygen atoms in total. The van der Waals surface area contributed by atoms with E-state index in [1.54, 1.807) is 18.1 Å². The number of amides is 3. The van der Waals surface area contributed by atoms with Crippen LogP contribution < -0.4 is 15.0 Å². The number of cyclic esters (lactones) is 1. The van der Waals surface area contributed by atoms with E-state index in [-0.39, 0.29) is 18.2 Å². The lowest BCUT2D eigenvalue weighted by Crippen LogP contribution is -2.41. The van der Waals surface area contributed by atoms with Gasteiger partial charge in [0.1, 0.15) is 12.4 Å². The molecule has 2 aliphatic rings. The van der Waals surface area contributed by atoms with Crippen molar-refractivity contribution in [3.8, 4) is 5.75 Å². The second kappa shape index (κ2) is 7.42. The second-order valence-electron chi connectivity index (χ2n) is 6.93. The molecule has 1 atom stereocenters. The average Bonchev–Trinajstić information content (AvgIpc) is 3.14. The summed E-state index contributed by atoms with van der Waals surface area (Å²) >= 11 is 0. The van der Waals surface area contributed by atoms with Crippen LogP contribution in [-0.2, 0) is 11.2 Å². The Morgan fingerprint density at radius 2 is 2.07 bits per heavy atom. The molecule has 0 radical (unpaired) electrons. The fourth-order valence-electron chi connectivity index (χ4n) is 3.77. The van der Waals surface area contributed by atoms with E-state index in [0.29, 0.717) is 31.1 Å². The van der Waals surface area contributed by atoms with Gasteiger partial charge in [-0.2, -0.15) is 0 Å². The Balaban J connectivity index is 1.50. The number of benzene rings is 2. The number of methoxy groups -OCH3 is 1. The largest absolute Gasteiger partial charge is 0.497 e. The van der Waals surface area contributed by atoms with Gasteiger partial charge in [-0.25, -0.2) is 9.59 Å². The molecule has 0 aliphatic carbocycles. The number of anilines is 2. The Bertz CT molecular complexity index is 914. The Kier molecular flexibility index (Phi) is 4.81. The van der Waals surface area contributed by atoms with Gasteiger partial charge in [0.15, 0.2) is 0 Å². The number of rotatable bonds is 3. The number of carbonyl (C=O) groups is 2. The van der Waals surface area contributed by atoms with Gasteiger partial charge in [0.05, 0.1) is 19.7 Å². The highest BCUT2D eigenvalue weighted by Crippen LogP contribution is 2.32. The maximum absolute atomic E-state index is 12.9. The van der Waals surface area contributed by atoms with Crippen LogP contribution in [0.25, 0.3) is 0 Å². The van der Waals surface area contributed by atoms with Crippen LogP contribution in [0.5, 0.6) is 5.75 Å². The quantitative estimate of drug-likeness (QED) is 0.878. The Morgan fingerprint density at radius 1 is 1.21 bits per heavy atom. The van der Waals surface area contributed by atoms with Crippen LogP contribution in [0.4, 0.5) is 21.0 Å². The summed E-state index contributed by atoms with van der Waals surface area (Å²) in [4.78, 5) is 28.1. The summed E-state index contributed by atoms with van der Waals surface area (Å²) in [6, 6.07) is 13.0. The third-order valence-electron chi connectivity index (χ3n) is 5.32. The van der Waals surface area contributed by atoms with Crippen molar-refractivity contribution >= 4 is 23.5 Å². The molecular formula is C21H23N3O4. The van der Waals surface area contributed by atoms with Crippen LogP contribution in [0.3, 0.4) is 0 Å².